The molecule has 2 aliphatic rings. The fourth-order valence-corrected chi connectivity index (χ4v) is 4.37. The van der Waals surface area contributed by atoms with Crippen LogP contribution in [0.3, 0.4) is 0 Å². The third kappa shape index (κ3) is 3.24. The van der Waals surface area contributed by atoms with E-state index in [1.54, 1.807) is 24.8 Å². The predicted molar refractivity (Wildman–Crippen MR) is 105 cm³/mol. The van der Waals surface area contributed by atoms with Crippen LogP contribution in [0.25, 0.3) is 5.69 Å². The Balaban J connectivity index is 1.37. The van der Waals surface area contributed by atoms with E-state index in [0.717, 1.165) is 31.4 Å². The van der Waals surface area contributed by atoms with Crippen LogP contribution in [0.2, 0.25) is 0 Å². The molecular weight excluding hydrogens is 368 g/mol. The average Bonchev–Trinajstić information content (AvgIpc) is 3.51. The van der Waals surface area contributed by atoms with Gasteiger partial charge in [-0.15, -0.1) is 0 Å². The number of hydrogen-bond donors (Lipinski definition) is 0. The third-order valence-electron chi connectivity index (χ3n) is 5.80. The second-order valence-electron chi connectivity index (χ2n) is 7.58. The van der Waals surface area contributed by atoms with Crippen LogP contribution in [0, 0.1) is 5.92 Å². The molecule has 5 rings (SSSR count). The summed E-state index contributed by atoms with van der Waals surface area (Å²) in [6.07, 6.45) is 9.49. The van der Waals surface area contributed by atoms with Crippen molar-refractivity contribution in [3.05, 3.63) is 60.2 Å². The molecule has 1 saturated heterocycles. The minimum absolute atomic E-state index is 0.0130. The molecule has 1 amide bonds. The highest BCUT2D eigenvalue weighted by atomic mass is 16.5. The molecule has 0 spiro atoms. The van der Waals surface area contributed by atoms with Crippen LogP contribution >= 0.6 is 0 Å². The van der Waals surface area contributed by atoms with Gasteiger partial charge in [0.1, 0.15) is 6.10 Å². The highest BCUT2D eigenvalue weighted by molar-refractivity contribution is 5.98. The number of aryl methyl sites for hydroxylation is 1. The van der Waals surface area contributed by atoms with E-state index in [2.05, 4.69) is 27.1 Å². The smallest absolute Gasteiger partial charge is 0.316 e. The fraction of sp³-hybridized carbons (Fsp3) is 0.381. The van der Waals surface area contributed by atoms with E-state index < -0.39 is 0 Å². The Bertz CT molecular complexity index is 1000. The molecule has 2 fully saturated rings. The molecule has 148 valence electrons. The summed E-state index contributed by atoms with van der Waals surface area (Å²) in [6, 6.07) is 7.85. The van der Waals surface area contributed by atoms with Crippen molar-refractivity contribution in [2.45, 2.75) is 38.3 Å². The van der Waals surface area contributed by atoms with Gasteiger partial charge in [0, 0.05) is 18.9 Å². The standard InChI is InChI=1S/C21H22N6O2/c1-2-14-11-22-21(23-12-14)29-19-10-15-9-18(19)26(13-15)20(28)16-5-3-4-6-17(16)27-24-7-8-25-27/h3-8,11-12,15,18-19H,2,9-10,13H2,1H3. The predicted octanol–water partition coefficient (Wildman–Crippen LogP) is 2.30. The molecule has 3 atom stereocenters. The first-order valence-corrected chi connectivity index (χ1v) is 9.97. The molecule has 1 saturated carbocycles. The normalized spacial score (nSPS) is 22.8. The Hall–Kier alpha value is -3.29. The van der Waals surface area contributed by atoms with E-state index in [4.69, 9.17) is 4.74 Å². The Morgan fingerprint density at radius 1 is 1.14 bits per heavy atom. The number of hydrogen-bond acceptors (Lipinski definition) is 6. The largest absolute Gasteiger partial charge is 0.458 e. The minimum Gasteiger partial charge on any atom is -0.458 e. The Labute approximate surface area is 168 Å². The summed E-state index contributed by atoms with van der Waals surface area (Å²) in [7, 11) is 0. The van der Waals surface area contributed by atoms with Crippen LogP contribution in [-0.4, -0.2) is 54.5 Å². The van der Waals surface area contributed by atoms with E-state index >= 15 is 0 Å². The number of ether oxygens (including phenoxy) is 1. The topological polar surface area (TPSA) is 86.0 Å². The van der Waals surface area contributed by atoms with E-state index in [0.29, 0.717) is 23.2 Å². The molecular formula is C21H22N6O2. The number of nitrogens with zero attached hydrogens (tertiary/aromatic N) is 6. The first kappa shape index (κ1) is 17.8. The summed E-state index contributed by atoms with van der Waals surface area (Å²) in [5.74, 6) is 0.430. The zero-order chi connectivity index (χ0) is 19.8. The first-order chi connectivity index (χ1) is 14.2. The van der Waals surface area contributed by atoms with Crippen LogP contribution in [0.4, 0.5) is 0 Å². The van der Waals surface area contributed by atoms with Gasteiger partial charge < -0.3 is 9.64 Å². The van der Waals surface area contributed by atoms with Crippen molar-refractivity contribution in [2.75, 3.05) is 6.54 Å². The van der Waals surface area contributed by atoms with Crippen molar-refractivity contribution >= 4 is 5.91 Å². The van der Waals surface area contributed by atoms with Crippen molar-refractivity contribution in [2.24, 2.45) is 5.92 Å². The quantitative estimate of drug-likeness (QED) is 0.664. The highest BCUT2D eigenvalue weighted by Gasteiger charge is 2.48. The number of rotatable bonds is 5. The fourth-order valence-electron chi connectivity index (χ4n) is 4.37. The summed E-state index contributed by atoms with van der Waals surface area (Å²) < 4.78 is 6.08. The second-order valence-corrected chi connectivity index (χ2v) is 7.58. The third-order valence-corrected chi connectivity index (χ3v) is 5.80. The van der Waals surface area contributed by atoms with E-state index in [9.17, 15) is 4.79 Å². The lowest BCUT2D eigenvalue weighted by molar-refractivity contribution is 0.0452. The van der Waals surface area contributed by atoms with E-state index in [1.807, 2.05) is 29.2 Å². The maximum Gasteiger partial charge on any atom is 0.316 e. The Morgan fingerprint density at radius 2 is 1.90 bits per heavy atom. The molecule has 2 bridgehead atoms. The molecule has 3 unspecified atom stereocenters. The summed E-state index contributed by atoms with van der Waals surface area (Å²) in [4.78, 5) is 25.5. The van der Waals surface area contributed by atoms with Gasteiger partial charge in [0.15, 0.2) is 0 Å². The number of fused-ring (bicyclic) bond motifs is 2. The zero-order valence-corrected chi connectivity index (χ0v) is 16.2. The van der Waals surface area contributed by atoms with Crippen LogP contribution in [0.15, 0.2) is 49.1 Å². The van der Waals surface area contributed by atoms with Crippen molar-refractivity contribution < 1.29 is 9.53 Å². The number of amides is 1. The summed E-state index contributed by atoms with van der Waals surface area (Å²) >= 11 is 0. The summed E-state index contributed by atoms with van der Waals surface area (Å²) in [5, 5.41) is 8.37. The van der Waals surface area contributed by atoms with Gasteiger partial charge in [-0.2, -0.15) is 15.0 Å². The maximum atomic E-state index is 13.4. The van der Waals surface area contributed by atoms with Gasteiger partial charge in [-0.05, 0) is 42.9 Å². The van der Waals surface area contributed by atoms with Crippen molar-refractivity contribution in [1.82, 2.24) is 29.9 Å². The number of benzene rings is 1. The lowest BCUT2D eigenvalue weighted by Crippen LogP contribution is -2.47. The average molecular weight is 390 g/mol. The number of carbonyl (C=O) groups is 1. The molecule has 1 aliphatic carbocycles. The summed E-state index contributed by atoms with van der Waals surface area (Å²) in [6.45, 7) is 2.81. The minimum atomic E-state index is -0.0832. The van der Waals surface area contributed by atoms with E-state index in [-0.39, 0.29) is 18.1 Å². The van der Waals surface area contributed by atoms with Gasteiger partial charge in [0.25, 0.3) is 5.91 Å². The van der Waals surface area contributed by atoms with Crippen molar-refractivity contribution in [1.29, 1.82) is 0 Å². The molecule has 2 aromatic heterocycles. The molecule has 0 radical (unpaired) electrons. The molecule has 29 heavy (non-hydrogen) atoms. The summed E-state index contributed by atoms with van der Waals surface area (Å²) in [5.41, 5.74) is 2.35. The Morgan fingerprint density at radius 3 is 2.62 bits per heavy atom. The van der Waals surface area contributed by atoms with E-state index in [1.165, 1.54) is 4.80 Å². The molecule has 8 nitrogen and oxygen atoms in total. The van der Waals surface area contributed by atoms with Crippen LogP contribution in [-0.2, 0) is 6.42 Å². The van der Waals surface area contributed by atoms with Gasteiger partial charge in [-0.3, -0.25) is 4.79 Å². The first-order valence-electron chi connectivity index (χ1n) is 9.97. The number of aromatic nitrogens is 5. The SMILES string of the molecule is CCc1cnc(OC2CC3CC2N(C(=O)c2ccccc2-n2nccn2)C3)nc1. The maximum absolute atomic E-state index is 13.4. The van der Waals surface area contributed by atoms with Gasteiger partial charge >= 0.3 is 6.01 Å². The number of carbonyl (C=O) groups excluding carboxylic acids is 1. The highest BCUT2D eigenvalue weighted by Crippen LogP contribution is 2.40. The Kier molecular flexibility index (Phi) is 4.46. The van der Waals surface area contributed by atoms with Crippen LogP contribution in [0.1, 0.15) is 35.7 Å². The molecule has 1 aliphatic heterocycles. The lowest BCUT2D eigenvalue weighted by Gasteiger charge is -2.33. The molecule has 8 heteroatoms. The zero-order valence-electron chi connectivity index (χ0n) is 16.2. The number of piperidine rings is 1. The molecule has 3 aromatic rings. The van der Waals surface area contributed by atoms with Gasteiger partial charge in [-0.25, -0.2) is 9.97 Å². The van der Waals surface area contributed by atoms with Crippen LogP contribution < -0.4 is 4.74 Å². The van der Waals surface area contributed by atoms with Gasteiger partial charge in [-0.1, -0.05) is 19.1 Å². The second kappa shape index (κ2) is 7.27. The number of likely N-dealkylation sites (tertiary alicyclic amines) is 1. The molecule has 3 heterocycles. The van der Waals surface area contributed by atoms with Gasteiger partial charge in [0.05, 0.1) is 29.7 Å². The number of para-hydroxylation sites is 1. The monoisotopic (exact) mass is 390 g/mol. The lowest BCUT2D eigenvalue weighted by atomic mass is 10.1. The van der Waals surface area contributed by atoms with Gasteiger partial charge in [0.2, 0.25) is 0 Å². The van der Waals surface area contributed by atoms with Crippen molar-refractivity contribution in [3.63, 3.8) is 0 Å². The molecule has 0 N–H and O–H groups in total. The van der Waals surface area contributed by atoms with Crippen LogP contribution in [0.5, 0.6) is 6.01 Å². The van der Waals surface area contributed by atoms with Crippen molar-refractivity contribution in [3.8, 4) is 11.7 Å². The molecule has 1 aromatic carbocycles.